The summed E-state index contributed by atoms with van der Waals surface area (Å²) in [4.78, 5) is 29.8. The standard InChI is InChI=1S/C20H31N5O5S/c1-12-10-15(16(31(5,28)29)11-14(12)17(26)24-18(21)22)25-8-6-13(7-9-25)23-19(27)30-20(2,3)4/h10-11,13H,6-9H2,1-5H3,(H,23,27)(H4,21,22,24,26). The van der Waals surface area contributed by atoms with Crippen LogP contribution in [0.25, 0.3) is 0 Å². The summed E-state index contributed by atoms with van der Waals surface area (Å²) in [5, 5.41) is 2.86. The van der Waals surface area contributed by atoms with E-state index < -0.39 is 33.4 Å². The Morgan fingerprint density at radius 2 is 1.77 bits per heavy atom. The SMILES string of the molecule is Cc1cc(N2CCC(NC(=O)OC(C)(C)C)CC2)c(S(C)(=O)=O)cc1C(=O)N=C(N)N. The van der Waals surface area contributed by atoms with Gasteiger partial charge in [0.1, 0.15) is 5.60 Å². The Morgan fingerprint density at radius 1 is 1.19 bits per heavy atom. The van der Waals surface area contributed by atoms with E-state index in [4.69, 9.17) is 16.2 Å². The Labute approximate surface area is 182 Å². The van der Waals surface area contributed by atoms with Crippen LogP contribution in [0.3, 0.4) is 0 Å². The lowest BCUT2D eigenvalue weighted by atomic mass is 10.0. The highest BCUT2D eigenvalue weighted by Gasteiger charge is 2.27. The number of alkyl carbamates (subject to hydrolysis) is 1. The number of carbonyl (C=O) groups excluding carboxylic acids is 2. The normalized spacial score (nSPS) is 15.3. The van der Waals surface area contributed by atoms with Crippen molar-refractivity contribution in [2.45, 2.75) is 57.1 Å². The summed E-state index contributed by atoms with van der Waals surface area (Å²) in [5.74, 6) is -1.09. The van der Waals surface area contributed by atoms with Crippen molar-refractivity contribution in [1.29, 1.82) is 0 Å². The van der Waals surface area contributed by atoms with Gasteiger partial charge in [0.2, 0.25) is 0 Å². The van der Waals surface area contributed by atoms with Gasteiger partial charge in [-0.05, 0) is 58.2 Å². The van der Waals surface area contributed by atoms with E-state index in [1.54, 1.807) is 33.8 Å². The molecule has 10 nitrogen and oxygen atoms in total. The molecular formula is C20H31N5O5S. The Morgan fingerprint density at radius 3 is 2.26 bits per heavy atom. The molecular weight excluding hydrogens is 422 g/mol. The summed E-state index contributed by atoms with van der Waals surface area (Å²) < 4.78 is 30.2. The van der Waals surface area contributed by atoms with Crippen LogP contribution in [0.1, 0.15) is 49.5 Å². The summed E-state index contributed by atoms with van der Waals surface area (Å²) in [7, 11) is -3.63. The fourth-order valence-electron chi connectivity index (χ4n) is 3.36. The van der Waals surface area contributed by atoms with Gasteiger partial charge in [0.25, 0.3) is 5.91 Å². The summed E-state index contributed by atoms with van der Waals surface area (Å²) in [6.07, 6.45) is 1.86. The van der Waals surface area contributed by atoms with Crippen LogP contribution in [-0.2, 0) is 14.6 Å². The lowest BCUT2D eigenvalue weighted by Gasteiger charge is -2.35. The van der Waals surface area contributed by atoms with E-state index in [1.165, 1.54) is 6.07 Å². The van der Waals surface area contributed by atoms with Crippen molar-refractivity contribution in [3.63, 3.8) is 0 Å². The van der Waals surface area contributed by atoms with E-state index >= 15 is 0 Å². The highest BCUT2D eigenvalue weighted by molar-refractivity contribution is 7.90. The maximum absolute atomic E-state index is 12.5. The quantitative estimate of drug-likeness (QED) is 0.455. The third kappa shape index (κ3) is 6.84. The summed E-state index contributed by atoms with van der Waals surface area (Å²) in [6.45, 7) is 8.15. The molecule has 1 aliphatic rings. The van der Waals surface area contributed by atoms with Crippen LogP contribution in [0.4, 0.5) is 10.5 Å². The number of nitrogens with one attached hydrogen (secondary N) is 1. The molecule has 2 amide bonds. The molecule has 0 saturated carbocycles. The predicted molar refractivity (Wildman–Crippen MR) is 119 cm³/mol. The Hall–Kier alpha value is -2.82. The van der Waals surface area contributed by atoms with Gasteiger partial charge >= 0.3 is 6.09 Å². The molecule has 11 heteroatoms. The number of guanidine groups is 1. The molecule has 1 saturated heterocycles. The predicted octanol–water partition coefficient (Wildman–Crippen LogP) is 1.31. The molecule has 1 aromatic carbocycles. The van der Waals surface area contributed by atoms with Crippen molar-refractivity contribution in [2.75, 3.05) is 24.2 Å². The molecule has 0 spiro atoms. The average Bonchev–Trinajstić information content (AvgIpc) is 2.58. The van der Waals surface area contributed by atoms with Gasteiger partial charge in [0.05, 0.1) is 10.6 Å². The summed E-state index contributed by atoms with van der Waals surface area (Å²) in [6, 6.07) is 2.91. The highest BCUT2D eigenvalue weighted by Crippen LogP contribution is 2.31. The molecule has 0 radical (unpaired) electrons. The molecule has 0 aliphatic carbocycles. The number of hydrogen-bond donors (Lipinski definition) is 3. The number of sulfone groups is 1. The second kappa shape index (κ2) is 9.13. The van der Waals surface area contributed by atoms with Crippen LogP contribution in [-0.4, -0.2) is 57.4 Å². The van der Waals surface area contributed by atoms with Gasteiger partial charge in [0, 0.05) is 31.0 Å². The molecule has 1 aromatic rings. The number of hydrogen-bond acceptors (Lipinski definition) is 6. The smallest absolute Gasteiger partial charge is 0.407 e. The molecule has 0 atom stereocenters. The fourth-order valence-corrected chi connectivity index (χ4v) is 4.26. The van der Waals surface area contributed by atoms with E-state index in [-0.39, 0.29) is 16.5 Å². The summed E-state index contributed by atoms with van der Waals surface area (Å²) in [5.41, 5.74) is 11.2. The molecule has 2 rings (SSSR count). The van der Waals surface area contributed by atoms with Gasteiger partial charge in [0.15, 0.2) is 15.8 Å². The third-order valence-electron chi connectivity index (χ3n) is 4.72. The average molecular weight is 454 g/mol. The fraction of sp³-hybridized carbons (Fsp3) is 0.550. The first-order valence-electron chi connectivity index (χ1n) is 9.90. The van der Waals surface area contributed by atoms with Gasteiger partial charge in [-0.25, -0.2) is 13.2 Å². The molecule has 1 heterocycles. The van der Waals surface area contributed by atoms with Crippen LogP contribution in [0.5, 0.6) is 0 Å². The topological polar surface area (TPSA) is 157 Å². The van der Waals surface area contributed by atoms with Crippen LogP contribution >= 0.6 is 0 Å². The number of ether oxygens (including phenoxy) is 1. The van der Waals surface area contributed by atoms with Crippen LogP contribution in [0.2, 0.25) is 0 Å². The number of piperidine rings is 1. The monoisotopic (exact) mass is 453 g/mol. The first-order chi connectivity index (χ1) is 14.2. The zero-order chi connectivity index (χ0) is 23.6. The van der Waals surface area contributed by atoms with Gasteiger partial charge < -0.3 is 26.4 Å². The largest absolute Gasteiger partial charge is 0.444 e. The molecule has 0 bridgehead atoms. The van der Waals surface area contributed by atoms with Crippen LogP contribution < -0.4 is 21.7 Å². The minimum Gasteiger partial charge on any atom is -0.444 e. The number of benzene rings is 1. The third-order valence-corrected chi connectivity index (χ3v) is 5.85. The zero-order valence-corrected chi connectivity index (χ0v) is 19.4. The number of amides is 2. The lowest BCUT2D eigenvalue weighted by molar-refractivity contribution is 0.0497. The lowest BCUT2D eigenvalue weighted by Crippen LogP contribution is -2.46. The van der Waals surface area contributed by atoms with E-state index in [2.05, 4.69) is 10.3 Å². The molecule has 0 unspecified atom stereocenters. The minimum absolute atomic E-state index is 0.0331. The van der Waals surface area contributed by atoms with E-state index in [0.717, 1.165) is 6.26 Å². The van der Waals surface area contributed by atoms with E-state index in [1.807, 2.05) is 4.90 Å². The molecule has 1 aliphatic heterocycles. The van der Waals surface area contributed by atoms with Gasteiger partial charge in [-0.1, -0.05) is 0 Å². The van der Waals surface area contributed by atoms with Gasteiger partial charge in [-0.3, -0.25) is 4.79 Å². The number of carbonyl (C=O) groups is 2. The molecule has 31 heavy (non-hydrogen) atoms. The first-order valence-corrected chi connectivity index (χ1v) is 11.8. The second-order valence-electron chi connectivity index (χ2n) is 8.66. The molecule has 1 fully saturated rings. The number of anilines is 1. The van der Waals surface area contributed by atoms with Crippen molar-refractivity contribution >= 4 is 33.5 Å². The van der Waals surface area contributed by atoms with Gasteiger partial charge in [-0.15, -0.1) is 0 Å². The number of aliphatic imine (C=N–C) groups is 1. The maximum atomic E-state index is 12.5. The number of nitrogens with zero attached hydrogens (tertiary/aromatic N) is 2. The number of nitrogens with two attached hydrogens (primary N) is 2. The first kappa shape index (κ1) is 24.4. The molecule has 0 aromatic heterocycles. The van der Waals surface area contributed by atoms with Crippen molar-refractivity contribution in [2.24, 2.45) is 16.5 Å². The highest BCUT2D eigenvalue weighted by atomic mass is 32.2. The Bertz CT molecular complexity index is 986. The zero-order valence-electron chi connectivity index (χ0n) is 18.6. The Balaban J connectivity index is 2.24. The maximum Gasteiger partial charge on any atom is 0.407 e. The van der Waals surface area contributed by atoms with Crippen molar-refractivity contribution in [3.05, 3.63) is 23.3 Å². The van der Waals surface area contributed by atoms with Crippen molar-refractivity contribution in [3.8, 4) is 0 Å². The van der Waals surface area contributed by atoms with E-state index in [9.17, 15) is 18.0 Å². The molecule has 172 valence electrons. The Kier molecular flexibility index (Phi) is 7.20. The van der Waals surface area contributed by atoms with Crippen molar-refractivity contribution < 1.29 is 22.7 Å². The van der Waals surface area contributed by atoms with Crippen molar-refractivity contribution in [1.82, 2.24) is 5.32 Å². The molecule has 5 N–H and O–H groups in total. The van der Waals surface area contributed by atoms with E-state index in [0.29, 0.717) is 37.2 Å². The minimum atomic E-state index is -3.63. The number of rotatable bonds is 4. The van der Waals surface area contributed by atoms with Gasteiger partial charge in [-0.2, -0.15) is 4.99 Å². The summed E-state index contributed by atoms with van der Waals surface area (Å²) >= 11 is 0. The second-order valence-corrected chi connectivity index (χ2v) is 10.6. The van der Waals surface area contributed by atoms with Crippen LogP contribution in [0, 0.1) is 6.92 Å². The van der Waals surface area contributed by atoms with Crippen LogP contribution in [0.15, 0.2) is 22.0 Å². The number of aryl methyl sites for hydroxylation is 1.